The van der Waals surface area contributed by atoms with Crippen molar-refractivity contribution in [3.8, 4) is 23.3 Å². The van der Waals surface area contributed by atoms with Gasteiger partial charge in [0.25, 0.3) is 11.8 Å². The number of sulfone groups is 1. The Kier molecular flexibility index (Phi) is 8.25. The molecule has 0 unspecified atom stereocenters. The molecule has 0 spiro atoms. The van der Waals surface area contributed by atoms with Gasteiger partial charge in [-0.05, 0) is 60.2 Å². The first kappa shape index (κ1) is 31.7. The number of benzene rings is 4. The first-order valence-corrected chi connectivity index (χ1v) is 15.7. The van der Waals surface area contributed by atoms with Crippen LogP contribution in [0.4, 0.5) is 11.4 Å². The molecule has 6 rings (SSSR count). The van der Waals surface area contributed by atoms with Crippen molar-refractivity contribution in [2.45, 2.75) is 16.3 Å². The number of nitrogens with zero attached hydrogens (tertiary/aromatic N) is 2. The Balaban J connectivity index is 1.39. The summed E-state index contributed by atoms with van der Waals surface area (Å²) in [5.74, 6) is -2.34. The highest BCUT2D eigenvalue weighted by Crippen LogP contribution is 2.38. The standard InChI is InChI=1S/C34H27N3O10S/c1-45-26-12-11-23(18-27(26)46-2)35-32(40)21-10-13-29-25(17-21)36(33(41)24-8-3-4-9-28(24)48(29,43)44)19-20-6-5-7-22(16-20)34(42)47-37-30(38)14-15-31(37)39/h3-18,38-39H,19H2,1-2H3,(H,35,40). The molecule has 5 aromatic rings. The van der Waals surface area contributed by atoms with Crippen molar-refractivity contribution in [2.24, 2.45) is 0 Å². The molecule has 0 radical (unpaired) electrons. The summed E-state index contributed by atoms with van der Waals surface area (Å²) in [6, 6.07) is 22.8. The number of carbonyl (C=O) groups is 3. The number of amides is 2. The van der Waals surface area contributed by atoms with E-state index in [1.807, 2.05) is 0 Å². The van der Waals surface area contributed by atoms with Crippen molar-refractivity contribution in [1.82, 2.24) is 4.73 Å². The molecule has 4 aromatic carbocycles. The maximum Gasteiger partial charge on any atom is 0.363 e. The van der Waals surface area contributed by atoms with Gasteiger partial charge >= 0.3 is 5.97 Å². The van der Waals surface area contributed by atoms with Crippen LogP contribution in [-0.4, -0.2) is 55.4 Å². The normalized spacial score (nSPS) is 13.1. The van der Waals surface area contributed by atoms with Crippen molar-refractivity contribution >= 4 is 39.0 Å². The number of ether oxygens (including phenoxy) is 2. The number of nitrogens with one attached hydrogen (secondary N) is 1. The monoisotopic (exact) mass is 669 g/mol. The molecule has 3 N–H and O–H groups in total. The molecule has 0 aliphatic carbocycles. The Morgan fingerprint density at radius 1 is 0.771 bits per heavy atom. The van der Waals surface area contributed by atoms with Crippen LogP contribution in [-0.2, 0) is 16.4 Å². The molecule has 2 heterocycles. The van der Waals surface area contributed by atoms with E-state index in [9.17, 15) is 33.0 Å². The van der Waals surface area contributed by atoms with Gasteiger partial charge in [-0.1, -0.05) is 24.3 Å². The van der Waals surface area contributed by atoms with E-state index < -0.39 is 39.4 Å². The summed E-state index contributed by atoms with van der Waals surface area (Å²) in [5.41, 5.74) is 0.739. The Hall–Kier alpha value is -6.28. The zero-order chi connectivity index (χ0) is 34.2. The number of methoxy groups -OCH3 is 2. The van der Waals surface area contributed by atoms with E-state index in [-0.39, 0.29) is 38.7 Å². The predicted molar refractivity (Wildman–Crippen MR) is 171 cm³/mol. The molecular weight excluding hydrogens is 642 g/mol. The summed E-state index contributed by atoms with van der Waals surface area (Å²) in [6.07, 6.45) is 0. The highest BCUT2D eigenvalue weighted by molar-refractivity contribution is 7.91. The molecule has 0 saturated heterocycles. The van der Waals surface area contributed by atoms with E-state index in [1.54, 1.807) is 30.3 Å². The number of hydrogen-bond donors (Lipinski definition) is 3. The lowest BCUT2D eigenvalue weighted by molar-refractivity contribution is 0.0381. The van der Waals surface area contributed by atoms with E-state index in [0.717, 1.165) is 12.1 Å². The highest BCUT2D eigenvalue weighted by Gasteiger charge is 2.36. The van der Waals surface area contributed by atoms with Crippen LogP contribution < -0.4 is 24.5 Å². The molecule has 1 aromatic heterocycles. The molecule has 14 heteroatoms. The lowest BCUT2D eigenvalue weighted by atomic mass is 10.1. The fourth-order valence-electron chi connectivity index (χ4n) is 5.23. The molecule has 48 heavy (non-hydrogen) atoms. The zero-order valence-corrected chi connectivity index (χ0v) is 26.2. The van der Waals surface area contributed by atoms with Crippen LogP contribution in [0.3, 0.4) is 0 Å². The minimum atomic E-state index is -4.22. The van der Waals surface area contributed by atoms with Gasteiger partial charge in [0.15, 0.2) is 11.5 Å². The van der Waals surface area contributed by atoms with E-state index in [4.69, 9.17) is 14.3 Å². The summed E-state index contributed by atoms with van der Waals surface area (Å²) in [4.78, 5) is 46.3. The van der Waals surface area contributed by atoms with Gasteiger partial charge in [-0.25, -0.2) is 13.2 Å². The molecule has 0 bridgehead atoms. The molecule has 0 saturated carbocycles. The minimum Gasteiger partial charge on any atom is -0.493 e. The highest BCUT2D eigenvalue weighted by atomic mass is 32.2. The lowest BCUT2D eigenvalue weighted by Gasteiger charge is -2.24. The fraction of sp³-hybridized carbons (Fsp3) is 0.0882. The first-order valence-electron chi connectivity index (χ1n) is 14.3. The van der Waals surface area contributed by atoms with Crippen LogP contribution in [0.15, 0.2) is 107 Å². The third kappa shape index (κ3) is 5.76. The van der Waals surface area contributed by atoms with E-state index >= 15 is 0 Å². The number of rotatable bonds is 8. The smallest absolute Gasteiger partial charge is 0.363 e. The molecule has 0 atom stereocenters. The molecule has 0 fully saturated rings. The van der Waals surface area contributed by atoms with Gasteiger partial charge in [-0.2, -0.15) is 0 Å². The van der Waals surface area contributed by atoms with Crippen LogP contribution in [0.5, 0.6) is 23.3 Å². The van der Waals surface area contributed by atoms with Crippen LogP contribution >= 0.6 is 0 Å². The van der Waals surface area contributed by atoms with Gasteiger partial charge in [0.1, 0.15) is 0 Å². The lowest BCUT2D eigenvalue weighted by Crippen LogP contribution is -2.30. The van der Waals surface area contributed by atoms with Crippen LogP contribution in [0.1, 0.15) is 36.6 Å². The molecule has 1 aliphatic heterocycles. The van der Waals surface area contributed by atoms with E-state index in [1.165, 1.54) is 73.7 Å². The van der Waals surface area contributed by atoms with Crippen molar-refractivity contribution in [3.63, 3.8) is 0 Å². The Labute approximate surface area is 274 Å². The Morgan fingerprint density at radius 2 is 1.50 bits per heavy atom. The van der Waals surface area contributed by atoms with Crippen molar-refractivity contribution in [2.75, 3.05) is 24.4 Å². The van der Waals surface area contributed by atoms with Gasteiger partial charge in [-0.3, -0.25) is 9.59 Å². The molecule has 13 nitrogen and oxygen atoms in total. The largest absolute Gasteiger partial charge is 0.493 e. The third-order valence-electron chi connectivity index (χ3n) is 7.57. The summed E-state index contributed by atoms with van der Waals surface area (Å²) >= 11 is 0. The van der Waals surface area contributed by atoms with Crippen LogP contribution in [0.25, 0.3) is 0 Å². The quantitative estimate of drug-likeness (QED) is 0.215. The molecule has 2 amide bonds. The summed E-state index contributed by atoms with van der Waals surface area (Å²) < 4.78 is 38.9. The fourth-order valence-corrected chi connectivity index (χ4v) is 6.86. The van der Waals surface area contributed by atoms with Gasteiger partial charge in [-0.15, -0.1) is 4.73 Å². The van der Waals surface area contributed by atoms with Crippen molar-refractivity contribution in [1.29, 1.82) is 0 Å². The zero-order valence-electron chi connectivity index (χ0n) is 25.4. The average Bonchev–Trinajstić information content (AvgIpc) is 3.39. The van der Waals surface area contributed by atoms with Crippen LogP contribution in [0.2, 0.25) is 0 Å². The van der Waals surface area contributed by atoms with Crippen LogP contribution in [0, 0.1) is 0 Å². The number of fused-ring (bicyclic) bond motifs is 2. The van der Waals surface area contributed by atoms with E-state index in [2.05, 4.69) is 5.32 Å². The second-order valence-corrected chi connectivity index (χ2v) is 12.4. The number of anilines is 2. The maximum atomic E-state index is 14.1. The number of carbonyl (C=O) groups excluding carboxylic acids is 3. The van der Waals surface area contributed by atoms with Crippen molar-refractivity contribution < 1.29 is 47.3 Å². The maximum absolute atomic E-state index is 14.1. The molecule has 244 valence electrons. The van der Waals surface area contributed by atoms with Crippen molar-refractivity contribution in [3.05, 3.63) is 119 Å². The number of aromatic hydroxyl groups is 2. The second-order valence-electron chi connectivity index (χ2n) is 10.5. The number of aromatic nitrogens is 1. The van der Waals surface area contributed by atoms with Gasteiger partial charge in [0.05, 0.1) is 47.4 Å². The minimum absolute atomic E-state index is 0.0126. The predicted octanol–water partition coefficient (Wildman–Crippen LogP) is 4.43. The summed E-state index contributed by atoms with van der Waals surface area (Å²) in [6.45, 7) is -0.211. The molecular formula is C34H27N3O10S. The van der Waals surface area contributed by atoms with E-state index in [0.29, 0.717) is 27.5 Å². The Bertz CT molecular complexity index is 2190. The first-order chi connectivity index (χ1) is 23.0. The van der Waals surface area contributed by atoms with Gasteiger partial charge < -0.3 is 34.7 Å². The SMILES string of the molecule is COc1ccc(NC(=O)c2ccc3c(c2)N(Cc2cccc(C(=O)On4c(O)ccc4O)c2)C(=O)c2ccccc2S3(=O)=O)cc1OC. The van der Waals surface area contributed by atoms with Gasteiger partial charge in [0, 0.05) is 29.4 Å². The average molecular weight is 670 g/mol. The Morgan fingerprint density at radius 3 is 2.23 bits per heavy atom. The summed E-state index contributed by atoms with van der Waals surface area (Å²) in [7, 11) is -1.29. The number of hydrogen-bond acceptors (Lipinski definition) is 10. The summed E-state index contributed by atoms with van der Waals surface area (Å²) in [5, 5.41) is 22.5. The molecule has 1 aliphatic rings. The topological polar surface area (TPSA) is 174 Å². The second kappa shape index (κ2) is 12.5. The van der Waals surface area contributed by atoms with Gasteiger partial charge in [0.2, 0.25) is 21.6 Å². The third-order valence-corrected chi connectivity index (χ3v) is 9.43.